The van der Waals surface area contributed by atoms with Crippen molar-refractivity contribution in [2.45, 2.75) is 13.5 Å². The van der Waals surface area contributed by atoms with E-state index in [0.29, 0.717) is 34.3 Å². The summed E-state index contributed by atoms with van der Waals surface area (Å²) in [5, 5.41) is 15.2. The third kappa shape index (κ3) is 6.29. The van der Waals surface area contributed by atoms with Gasteiger partial charge in [0.25, 0.3) is 11.6 Å². The van der Waals surface area contributed by atoms with Crippen LogP contribution in [0, 0.1) is 10.1 Å². The number of hydrazone groups is 1. The fraction of sp³-hybridized carbons (Fsp3) is 0.130. The van der Waals surface area contributed by atoms with Crippen LogP contribution in [0.15, 0.2) is 71.8 Å². The van der Waals surface area contributed by atoms with Crippen LogP contribution in [0.3, 0.4) is 0 Å². The van der Waals surface area contributed by atoms with Gasteiger partial charge in [0.15, 0.2) is 11.5 Å². The number of rotatable bonds is 9. The van der Waals surface area contributed by atoms with Gasteiger partial charge in [0.1, 0.15) is 6.61 Å². The molecule has 3 aromatic rings. The fourth-order valence-electron chi connectivity index (χ4n) is 2.73. The van der Waals surface area contributed by atoms with Gasteiger partial charge in [-0.15, -0.1) is 0 Å². The van der Waals surface area contributed by atoms with Crippen LogP contribution in [0.5, 0.6) is 11.5 Å². The van der Waals surface area contributed by atoms with Gasteiger partial charge in [-0.25, -0.2) is 5.43 Å². The number of hydrogen-bond acceptors (Lipinski definition) is 6. The SMILES string of the molecule is CCOc1cc(/C=N\NC(=O)c2cccc(Cl)c2)ccc1OCc1ccc([N+](=O)[O-])cc1. The van der Waals surface area contributed by atoms with E-state index in [1.165, 1.54) is 18.3 Å². The molecule has 0 unspecified atom stereocenters. The van der Waals surface area contributed by atoms with Crippen LogP contribution in [-0.4, -0.2) is 23.7 Å². The summed E-state index contributed by atoms with van der Waals surface area (Å²) >= 11 is 5.89. The normalized spacial score (nSPS) is 10.7. The van der Waals surface area contributed by atoms with Crippen molar-refractivity contribution in [2.24, 2.45) is 5.10 Å². The molecule has 1 amide bonds. The average Bonchev–Trinajstić information content (AvgIpc) is 2.79. The lowest BCUT2D eigenvalue weighted by Crippen LogP contribution is -2.17. The van der Waals surface area contributed by atoms with Crippen molar-refractivity contribution in [1.29, 1.82) is 0 Å². The zero-order valence-corrected chi connectivity index (χ0v) is 17.9. The standard InChI is InChI=1S/C23H20ClN3O5/c1-2-31-22-12-17(14-25-26-23(28)18-4-3-5-19(24)13-18)8-11-21(22)32-15-16-6-9-20(10-7-16)27(29)30/h3-14H,2,15H2,1H3,(H,26,28)/b25-14-. The number of amides is 1. The van der Waals surface area contributed by atoms with Crippen molar-refractivity contribution < 1.29 is 19.2 Å². The van der Waals surface area contributed by atoms with E-state index >= 15 is 0 Å². The molecule has 0 saturated carbocycles. The Hall–Kier alpha value is -3.91. The summed E-state index contributed by atoms with van der Waals surface area (Å²) in [5.74, 6) is 0.654. The molecule has 3 rings (SSSR count). The van der Waals surface area contributed by atoms with Crippen LogP contribution in [0.25, 0.3) is 0 Å². The Kier molecular flexibility index (Phi) is 7.77. The Balaban J connectivity index is 1.65. The van der Waals surface area contributed by atoms with Gasteiger partial charge in [0.2, 0.25) is 0 Å². The zero-order chi connectivity index (χ0) is 22.9. The lowest BCUT2D eigenvalue weighted by Gasteiger charge is -2.12. The van der Waals surface area contributed by atoms with Crippen molar-refractivity contribution in [1.82, 2.24) is 5.43 Å². The second-order valence-electron chi connectivity index (χ2n) is 6.56. The molecule has 0 radical (unpaired) electrons. The highest BCUT2D eigenvalue weighted by Crippen LogP contribution is 2.29. The number of non-ortho nitro benzene ring substituents is 1. The first-order valence-electron chi connectivity index (χ1n) is 9.68. The first-order chi connectivity index (χ1) is 15.5. The van der Waals surface area contributed by atoms with Gasteiger partial charge in [-0.05, 0) is 66.6 Å². The molecule has 0 aromatic heterocycles. The summed E-state index contributed by atoms with van der Waals surface area (Å²) in [6.45, 7) is 2.51. The molecule has 32 heavy (non-hydrogen) atoms. The molecule has 8 nitrogen and oxygen atoms in total. The van der Waals surface area contributed by atoms with Crippen molar-refractivity contribution in [3.63, 3.8) is 0 Å². The summed E-state index contributed by atoms with van der Waals surface area (Å²) in [7, 11) is 0. The maximum atomic E-state index is 12.1. The molecule has 0 aliphatic heterocycles. The van der Waals surface area contributed by atoms with Crippen LogP contribution in [0.4, 0.5) is 5.69 Å². The summed E-state index contributed by atoms with van der Waals surface area (Å²) in [6.07, 6.45) is 1.49. The smallest absolute Gasteiger partial charge is 0.271 e. The van der Waals surface area contributed by atoms with Gasteiger partial charge in [-0.2, -0.15) is 5.10 Å². The second kappa shape index (κ2) is 10.9. The van der Waals surface area contributed by atoms with E-state index in [4.69, 9.17) is 21.1 Å². The van der Waals surface area contributed by atoms with E-state index < -0.39 is 4.92 Å². The Morgan fingerprint density at radius 1 is 1.09 bits per heavy atom. The topological polar surface area (TPSA) is 103 Å². The number of nitro benzene ring substituents is 1. The Morgan fingerprint density at radius 2 is 1.88 bits per heavy atom. The van der Waals surface area contributed by atoms with Crippen molar-refractivity contribution in [3.8, 4) is 11.5 Å². The van der Waals surface area contributed by atoms with E-state index in [-0.39, 0.29) is 18.2 Å². The average molecular weight is 454 g/mol. The molecule has 0 spiro atoms. The van der Waals surface area contributed by atoms with Crippen LogP contribution >= 0.6 is 11.6 Å². The highest BCUT2D eigenvalue weighted by Gasteiger charge is 2.09. The third-order valence-corrected chi connectivity index (χ3v) is 4.51. The number of halogens is 1. The first kappa shape index (κ1) is 22.8. The Bertz CT molecular complexity index is 1130. The van der Waals surface area contributed by atoms with Crippen LogP contribution in [0.2, 0.25) is 5.02 Å². The first-order valence-corrected chi connectivity index (χ1v) is 10.1. The van der Waals surface area contributed by atoms with Gasteiger partial charge in [0, 0.05) is 22.7 Å². The van der Waals surface area contributed by atoms with E-state index in [1.54, 1.807) is 54.6 Å². The number of nitrogens with one attached hydrogen (secondary N) is 1. The van der Waals surface area contributed by atoms with Crippen molar-refractivity contribution in [3.05, 3.63) is 98.6 Å². The molecule has 164 valence electrons. The Morgan fingerprint density at radius 3 is 2.56 bits per heavy atom. The maximum absolute atomic E-state index is 12.1. The lowest BCUT2D eigenvalue weighted by atomic mass is 10.2. The van der Waals surface area contributed by atoms with E-state index in [2.05, 4.69) is 10.5 Å². The molecule has 0 bridgehead atoms. The monoisotopic (exact) mass is 453 g/mol. The molecule has 0 fully saturated rings. The summed E-state index contributed by atoms with van der Waals surface area (Å²) in [6, 6.07) is 17.9. The molecular weight excluding hydrogens is 434 g/mol. The van der Waals surface area contributed by atoms with Gasteiger partial charge in [-0.3, -0.25) is 14.9 Å². The number of nitrogens with zero attached hydrogens (tertiary/aromatic N) is 2. The number of ether oxygens (including phenoxy) is 2. The van der Waals surface area contributed by atoms with Crippen molar-refractivity contribution in [2.75, 3.05) is 6.61 Å². The molecule has 0 saturated heterocycles. The second-order valence-corrected chi connectivity index (χ2v) is 7.00. The molecule has 1 N–H and O–H groups in total. The van der Waals surface area contributed by atoms with Gasteiger partial charge < -0.3 is 9.47 Å². The van der Waals surface area contributed by atoms with Crippen LogP contribution in [0.1, 0.15) is 28.4 Å². The summed E-state index contributed by atoms with van der Waals surface area (Å²) < 4.78 is 11.5. The van der Waals surface area contributed by atoms with Crippen molar-refractivity contribution >= 4 is 29.4 Å². The van der Waals surface area contributed by atoms with E-state index in [1.807, 2.05) is 6.92 Å². The summed E-state index contributed by atoms with van der Waals surface area (Å²) in [4.78, 5) is 22.4. The fourth-order valence-corrected chi connectivity index (χ4v) is 2.92. The van der Waals surface area contributed by atoms with Gasteiger partial charge >= 0.3 is 0 Å². The minimum atomic E-state index is -0.449. The van der Waals surface area contributed by atoms with Gasteiger partial charge in [-0.1, -0.05) is 17.7 Å². The number of hydrogen-bond donors (Lipinski definition) is 1. The van der Waals surface area contributed by atoms with Crippen LogP contribution in [-0.2, 0) is 6.61 Å². The highest BCUT2D eigenvalue weighted by molar-refractivity contribution is 6.30. The molecule has 0 heterocycles. The third-order valence-electron chi connectivity index (χ3n) is 4.28. The molecule has 0 aliphatic carbocycles. The predicted octanol–water partition coefficient (Wildman–Crippen LogP) is 4.99. The molecule has 0 atom stereocenters. The highest BCUT2D eigenvalue weighted by atomic mass is 35.5. The Labute approximate surface area is 189 Å². The number of nitro groups is 1. The number of benzene rings is 3. The quantitative estimate of drug-likeness (QED) is 0.279. The predicted molar refractivity (Wildman–Crippen MR) is 122 cm³/mol. The molecule has 3 aromatic carbocycles. The molecule has 9 heteroatoms. The number of carbonyl (C=O) groups excluding carboxylic acids is 1. The zero-order valence-electron chi connectivity index (χ0n) is 17.2. The minimum absolute atomic E-state index is 0.0230. The van der Waals surface area contributed by atoms with Gasteiger partial charge in [0.05, 0.1) is 17.7 Å². The van der Waals surface area contributed by atoms with Crippen LogP contribution < -0.4 is 14.9 Å². The molecular formula is C23H20ClN3O5. The largest absolute Gasteiger partial charge is 0.490 e. The minimum Gasteiger partial charge on any atom is -0.490 e. The number of carbonyl (C=O) groups is 1. The van der Waals surface area contributed by atoms with E-state index in [0.717, 1.165) is 5.56 Å². The maximum Gasteiger partial charge on any atom is 0.271 e. The van der Waals surface area contributed by atoms with E-state index in [9.17, 15) is 14.9 Å². The lowest BCUT2D eigenvalue weighted by molar-refractivity contribution is -0.384. The molecule has 0 aliphatic rings. The summed E-state index contributed by atoms with van der Waals surface area (Å²) in [5.41, 5.74) is 4.36.